The highest BCUT2D eigenvalue weighted by molar-refractivity contribution is 5.91. The van der Waals surface area contributed by atoms with Crippen molar-refractivity contribution in [3.63, 3.8) is 0 Å². The fourth-order valence-corrected chi connectivity index (χ4v) is 2.11. The highest BCUT2D eigenvalue weighted by atomic mass is 16.6. The fourth-order valence-electron chi connectivity index (χ4n) is 2.11. The summed E-state index contributed by atoms with van der Waals surface area (Å²) in [5.41, 5.74) is 0.974. The summed E-state index contributed by atoms with van der Waals surface area (Å²) in [4.78, 5) is 23.1. The average molecular weight is 288 g/mol. The van der Waals surface area contributed by atoms with Crippen LogP contribution in [0.25, 0.3) is 0 Å². The summed E-state index contributed by atoms with van der Waals surface area (Å²) < 4.78 is 10.1. The van der Waals surface area contributed by atoms with Gasteiger partial charge in [0.25, 0.3) is 0 Å². The smallest absolute Gasteiger partial charge is 0.317 e. The molecule has 1 atom stereocenters. The zero-order chi connectivity index (χ0) is 14.9. The van der Waals surface area contributed by atoms with Crippen molar-refractivity contribution in [3.8, 4) is 0 Å². The first-order valence-electron chi connectivity index (χ1n) is 7.24. The molecule has 2 aliphatic rings. The number of hydrogen-bond donors (Lipinski definition) is 0. The maximum Gasteiger partial charge on any atom is 0.317 e. The van der Waals surface area contributed by atoms with Crippen LogP contribution in [-0.2, 0) is 19.1 Å². The van der Waals surface area contributed by atoms with E-state index < -0.39 is 11.9 Å². The topological polar surface area (TPSA) is 52.6 Å². The monoisotopic (exact) mass is 288 g/mol. The third kappa shape index (κ3) is 5.81. The molecule has 0 aromatic heterocycles. The standard InChI is InChI=1S/C17H20O4/c18-16(20-12-14-7-3-1-4-8-14)11-17(19)21-13-15-9-5-2-6-10-15/h1,3-5,7,9-10,14H,2,6,8,11-13H2. The summed E-state index contributed by atoms with van der Waals surface area (Å²) in [5, 5.41) is 0. The highest BCUT2D eigenvalue weighted by Crippen LogP contribution is 2.12. The summed E-state index contributed by atoms with van der Waals surface area (Å²) in [6, 6.07) is 0. The molecule has 0 bridgehead atoms. The minimum Gasteiger partial charge on any atom is -0.465 e. The number of esters is 2. The van der Waals surface area contributed by atoms with Crippen LogP contribution in [0, 0.1) is 5.92 Å². The summed E-state index contributed by atoms with van der Waals surface area (Å²) in [5.74, 6) is -0.873. The second-order valence-corrected chi connectivity index (χ2v) is 5.09. The predicted octanol–water partition coefficient (Wildman–Crippen LogP) is 2.87. The van der Waals surface area contributed by atoms with E-state index in [0.29, 0.717) is 6.61 Å². The van der Waals surface area contributed by atoms with Gasteiger partial charge >= 0.3 is 11.9 Å². The number of ether oxygens (including phenoxy) is 2. The highest BCUT2D eigenvalue weighted by Gasteiger charge is 2.15. The van der Waals surface area contributed by atoms with Crippen molar-refractivity contribution in [2.24, 2.45) is 5.92 Å². The first kappa shape index (κ1) is 15.3. The van der Waals surface area contributed by atoms with Crippen molar-refractivity contribution < 1.29 is 19.1 Å². The number of carbonyl (C=O) groups is 2. The Balaban J connectivity index is 1.61. The Bertz CT molecular complexity index is 497. The normalized spacial score (nSPS) is 20.0. The lowest BCUT2D eigenvalue weighted by atomic mass is 10.0. The van der Waals surface area contributed by atoms with Crippen molar-refractivity contribution in [1.29, 1.82) is 0 Å². The Labute approximate surface area is 124 Å². The van der Waals surface area contributed by atoms with Gasteiger partial charge in [-0.3, -0.25) is 9.59 Å². The summed E-state index contributed by atoms with van der Waals surface area (Å²) in [7, 11) is 0. The van der Waals surface area contributed by atoms with Crippen molar-refractivity contribution in [3.05, 3.63) is 48.1 Å². The predicted molar refractivity (Wildman–Crippen MR) is 79.4 cm³/mol. The van der Waals surface area contributed by atoms with Gasteiger partial charge in [0.05, 0.1) is 6.61 Å². The van der Waals surface area contributed by atoms with Crippen molar-refractivity contribution in [2.75, 3.05) is 13.2 Å². The Morgan fingerprint density at radius 3 is 2.67 bits per heavy atom. The van der Waals surface area contributed by atoms with E-state index in [-0.39, 0.29) is 18.9 Å². The fraction of sp³-hybridized carbons (Fsp3) is 0.412. The Hall–Kier alpha value is -2.10. The molecular weight excluding hydrogens is 268 g/mol. The van der Waals surface area contributed by atoms with E-state index in [0.717, 1.165) is 24.8 Å². The summed E-state index contributed by atoms with van der Waals surface area (Å²) in [6.45, 7) is 0.527. The van der Waals surface area contributed by atoms with Gasteiger partial charge in [-0.25, -0.2) is 0 Å². The molecule has 2 aliphatic carbocycles. The lowest BCUT2D eigenvalue weighted by molar-refractivity contribution is -0.154. The first-order chi connectivity index (χ1) is 10.2. The third-order valence-electron chi connectivity index (χ3n) is 3.29. The van der Waals surface area contributed by atoms with Crippen LogP contribution in [0.4, 0.5) is 0 Å². The van der Waals surface area contributed by atoms with Crippen molar-refractivity contribution in [2.45, 2.75) is 25.7 Å². The van der Waals surface area contributed by atoms with Gasteiger partial charge in [-0.05, 0) is 24.8 Å². The van der Waals surface area contributed by atoms with Crippen LogP contribution in [0.3, 0.4) is 0 Å². The minimum atomic E-state index is -0.543. The summed E-state index contributed by atoms with van der Waals surface area (Å²) >= 11 is 0. The summed E-state index contributed by atoms with van der Waals surface area (Å²) in [6.07, 6.45) is 16.5. The van der Waals surface area contributed by atoms with E-state index >= 15 is 0 Å². The molecule has 0 aromatic rings. The SMILES string of the molecule is O=C(CC(=O)OCC1C=CC=CC1)OCC1=CCCC=C1. The Kier molecular flexibility index (Phi) is 6.00. The van der Waals surface area contributed by atoms with Gasteiger partial charge in [0.2, 0.25) is 0 Å². The van der Waals surface area contributed by atoms with Crippen molar-refractivity contribution in [1.82, 2.24) is 0 Å². The molecule has 21 heavy (non-hydrogen) atoms. The minimum absolute atomic E-state index is 0.201. The van der Waals surface area contributed by atoms with Crippen LogP contribution in [0.1, 0.15) is 25.7 Å². The van der Waals surface area contributed by atoms with Crippen LogP contribution in [-0.4, -0.2) is 25.2 Å². The van der Waals surface area contributed by atoms with E-state index in [1.807, 2.05) is 42.5 Å². The molecule has 4 heteroatoms. The average Bonchev–Trinajstić information content (AvgIpc) is 2.53. The Morgan fingerprint density at radius 2 is 1.95 bits per heavy atom. The molecule has 2 rings (SSSR count). The number of carbonyl (C=O) groups excluding carboxylic acids is 2. The molecule has 0 saturated carbocycles. The molecule has 0 aromatic carbocycles. The van der Waals surface area contributed by atoms with Gasteiger partial charge in [-0.2, -0.15) is 0 Å². The second kappa shape index (κ2) is 8.25. The van der Waals surface area contributed by atoms with E-state index in [1.54, 1.807) is 0 Å². The van der Waals surface area contributed by atoms with Crippen LogP contribution in [0.5, 0.6) is 0 Å². The Morgan fingerprint density at radius 1 is 1.10 bits per heavy atom. The molecule has 0 amide bonds. The van der Waals surface area contributed by atoms with Gasteiger partial charge in [0.1, 0.15) is 13.0 Å². The van der Waals surface area contributed by atoms with Gasteiger partial charge in [0, 0.05) is 5.92 Å². The molecule has 0 fully saturated rings. The molecule has 0 radical (unpaired) electrons. The van der Waals surface area contributed by atoms with Gasteiger partial charge in [-0.1, -0.05) is 42.5 Å². The lowest BCUT2D eigenvalue weighted by Gasteiger charge is -2.13. The molecule has 0 saturated heterocycles. The second-order valence-electron chi connectivity index (χ2n) is 5.09. The third-order valence-corrected chi connectivity index (χ3v) is 3.29. The molecular formula is C17H20O4. The molecule has 0 heterocycles. The molecule has 4 nitrogen and oxygen atoms in total. The maximum absolute atomic E-state index is 11.6. The zero-order valence-electron chi connectivity index (χ0n) is 12.0. The largest absolute Gasteiger partial charge is 0.465 e. The van der Waals surface area contributed by atoms with Gasteiger partial charge in [-0.15, -0.1) is 0 Å². The van der Waals surface area contributed by atoms with Crippen molar-refractivity contribution >= 4 is 11.9 Å². The molecule has 0 aliphatic heterocycles. The van der Waals surface area contributed by atoms with Crippen LogP contribution >= 0.6 is 0 Å². The lowest BCUT2D eigenvalue weighted by Crippen LogP contribution is -2.18. The zero-order valence-corrected chi connectivity index (χ0v) is 12.0. The van der Waals surface area contributed by atoms with Crippen LogP contribution in [0.2, 0.25) is 0 Å². The van der Waals surface area contributed by atoms with Crippen LogP contribution in [0.15, 0.2) is 48.1 Å². The van der Waals surface area contributed by atoms with Gasteiger partial charge < -0.3 is 9.47 Å². The number of hydrogen-bond acceptors (Lipinski definition) is 4. The molecule has 1 unspecified atom stereocenters. The maximum atomic E-state index is 11.6. The first-order valence-corrected chi connectivity index (χ1v) is 7.24. The van der Waals surface area contributed by atoms with E-state index in [9.17, 15) is 9.59 Å². The van der Waals surface area contributed by atoms with E-state index in [4.69, 9.17) is 9.47 Å². The van der Waals surface area contributed by atoms with Crippen LogP contribution < -0.4 is 0 Å². The number of rotatable bonds is 6. The van der Waals surface area contributed by atoms with E-state index in [1.165, 1.54) is 0 Å². The van der Waals surface area contributed by atoms with E-state index in [2.05, 4.69) is 0 Å². The quantitative estimate of drug-likeness (QED) is 0.557. The number of allylic oxidation sites excluding steroid dienone is 5. The van der Waals surface area contributed by atoms with Gasteiger partial charge in [0.15, 0.2) is 0 Å². The molecule has 0 N–H and O–H groups in total. The molecule has 112 valence electrons. The molecule has 0 spiro atoms.